The number of nitrogens with zero attached hydrogens (tertiary/aromatic N) is 1. The Kier molecular flexibility index (Phi) is 12.2. The van der Waals surface area contributed by atoms with Crippen LogP contribution in [0.1, 0.15) is 19.8 Å². The molecule has 9 heteroatoms. The number of halogens is 4. The van der Waals surface area contributed by atoms with E-state index in [-0.39, 0.29) is 11.1 Å². The zero-order valence-corrected chi connectivity index (χ0v) is 17.9. The van der Waals surface area contributed by atoms with Gasteiger partial charge < -0.3 is 19.0 Å². The van der Waals surface area contributed by atoms with Gasteiger partial charge in [0.2, 0.25) is 5.90 Å². The molecule has 0 aliphatic carbocycles. The summed E-state index contributed by atoms with van der Waals surface area (Å²) in [6.45, 7) is 6.74. The van der Waals surface area contributed by atoms with Gasteiger partial charge in [-0.2, -0.15) is 0 Å². The maximum atomic E-state index is 6.20. The van der Waals surface area contributed by atoms with Gasteiger partial charge in [-0.25, -0.2) is 0 Å². The Labute approximate surface area is 179 Å². The van der Waals surface area contributed by atoms with Gasteiger partial charge >= 0.3 is 0 Å². The summed E-state index contributed by atoms with van der Waals surface area (Å²) >= 11 is 23.4. The van der Waals surface area contributed by atoms with Crippen molar-refractivity contribution >= 4 is 52.3 Å². The molecule has 0 aliphatic rings. The van der Waals surface area contributed by atoms with Gasteiger partial charge in [-0.05, 0) is 18.9 Å². The van der Waals surface area contributed by atoms with E-state index in [2.05, 4.69) is 11.7 Å². The van der Waals surface area contributed by atoms with Gasteiger partial charge in [0.25, 0.3) is 0 Å². The van der Waals surface area contributed by atoms with Gasteiger partial charge in [-0.3, -0.25) is 0 Å². The fraction of sp³-hybridized carbons (Fsp3) is 0.389. The fourth-order valence-electron chi connectivity index (χ4n) is 1.76. The van der Waals surface area contributed by atoms with Gasteiger partial charge in [0.1, 0.15) is 23.5 Å². The van der Waals surface area contributed by atoms with Crippen molar-refractivity contribution in [3.8, 4) is 11.5 Å². The minimum absolute atomic E-state index is 0.127. The molecule has 27 heavy (non-hydrogen) atoms. The van der Waals surface area contributed by atoms with E-state index in [1.54, 1.807) is 25.1 Å². The molecular formula is C18H21Cl4NO4. The Morgan fingerprint density at radius 2 is 1.74 bits per heavy atom. The van der Waals surface area contributed by atoms with E-state index >= 15 is 0 Å². The van der Waals surface area contributed by atoms with Crippen molar-refractivity contribution in [2.24, 2.45) is 5.16 Å². The molecule has 0 spiro atoms. The molecule has 0 unspecified atom stereocenters. The average Bonchev–Trinajstić information content (AvgIpc) is 2.59. The van der Waals surface area contributed by atoms with Crippen LogP contribution >= 0.6 is 46.4 Å². The van der Waals surface area contributed by atoms with Gasteiger partial charge in [0, 0.05) is 19.1 Å². The van der Waals surface area contributed by atoms with Crippen LogP contribution in [0.5, 0.6) is 11.5 Å². The molecule has 0 aliphatic heterocycles. The van der Waals surface area contributed by atoms with E-state index in [9.17, 15) is 0 Å². The van der Waals surface area contributed by atoms with E-state index in [0.717, 1.165) is 12.8 Å². The highest BCUT2D eigenvalue weighted by molar-refractivity contribution is 6.55. The van der Waals surface area contributed by atoms with Crippen LogP contribution in [0, 0.1) is 0 Å². The van der Waals surface area contributed by atoms with E-state index in [4.69, 9.17) is 65.5 Å². The highest BCUT2D eigenvalue weighted by atomic mass is 35.5. The molecule has 0 bridgehead atoms. The molecule has 0 fully saturated rings. The average molecular weight is 457 g/mol. The summed E-state index contributed by atoms with van der Waals surface area (Å²) in [7, 11) is 0. The second-order valence-electron chi connectivity index (χ2n) is 5.12. The topological polar surface area (TPSA) is 49.3 Å². The number of hydrogen-bond donors (Lipinski definition) is 0. The van der Waals surface area contributed by atoms with E-state index in [1.807, 2.05) is 0 Å². The number of benzene rings is 1. The van der Waals surface area contributed by atoms with Crippen molar-refractivity contribution in [3.05, 3.63) is 45.4 Å². The molecule has 1 rings (SSSR count). The van der Waals surface area contributed by atoms with Crippen LogP contribution in [0.2, 0.25) is 10.0 Å². The molecule has 1 aromatic carbocycles. The second kappa shape index (κ2) is 13.8. The Morgan fingerprint density at radius 1 is 1.07 bits per heavy atom. The standard InChI is InChI=1S/C18H21Cl4NO4/c1-3-7-27-23-13(2)24-8-4-5-9-26-18-15(19)11-14(12-16(18)20)25-10-6-17(21)22/h3,6,11-12H,1,4-5,7-10H2,2H3. The van der Waals surface area contributed by atoms with Crippen LogP contribution in [0.25, 0.3) is 0 Å². The maximum absolute atomic E-state index is 6.20. The minimum atomic E-state index is 0.127. The van der Waals surface area contributed by atoms with Gasteiger partial charge in [0.15, 0.2) is 5.75 Å². The Morgan fingerprint density at radius 3 is 2.37 bits per heavy atom. The first-order valence-corrected chi connectivity index (χ1v) is 9.61. The molecule has 0 saturated carbocycles. The third-order valence-corrected chi connectivity index (χ3v) is 3.81. The SMILES string of the molecule is C=CCON=C(C)OCCCCOc1c(Cl)cc(OCC=C(Cl)Cl)cc1Cl. The molecule has 0 saturated heterocycles. The van der Waals surface area contributed by atoms with Crippen LogP contribution in [0.15, 0.2) is 40.5 Å². The zero-order chi connectivity index (χ0) is 20.1. The largest absolute Gasteiger partial charge is 0.490 e. The summed E-state index contributed by atoms with van der Waals surface area (Å²) in [6, 6.07) is 3.23. The van der Waals surface area contributed by atoms with Crippen molar-refractivity contribution in [3.63, 3.8) is 0 Å². The number of oxime groups is 1. The quantitative estimate of drug-likeness (QED) is 0.120. The molecule has 150 valence electrons. The van der Waals surface area contributed by atoms with Gasteiger partial charge in [-0.15, -0.1) is 0 Å². The van der Waals surface area contributed by atoms with Crippen molar-refractivity contribution in [2.75, 3.05) is 26.4 Å². The molecule has 0 aromatic heterocycles. The molecule has 0 N–H and O–H groups in total. The van der Waals surface area contributed by atoms with Crippen LogP contribution in [-0.4, -0.2) is 32.3 Å². The Balaban J connectivity index is 2.35. The first-order valence-electron chi connectivity index (χ1n) is 8.10. The summed E-state index contributed by atoms with van der Waals surface area (Å²) < 4.78 is 16.6. The lowest BCUT2D eigenvalue weighted by Crippen LogP contribution is -2.05. The number of hydrogen-bond acceptors (Lipinski definition) is 5. The summed E-state index contributed by atoms with van der Waals surface area (Å²) in [5.41, 5.74) is 0. The van der Waals surface area contributed by atoms with Crippen molar-refractivity contribution < 1.29 is 19.0 Å². The summed E-state index contributed by atoms with van der Waals surface area (Å²) in [5.74, 6) is 1.36. The smallest absolute Gasteiger partial charge is 0.222 e. The lowest BCUT2D eigenvalue weighted by Gasteiger charge is -2.12. The second-order valence-corrected chi connectivity index (χ2v) is 6.94. The predicted molar refractivity (Wildman–Crippen MR) is 112 cm³/mol. The van der Waals surface area contributed by atoms with Gasteiger partial charge in [-0.1, -0.05) is 64.2 Å². The van der Waals surface area contributed by atoms with Crippen LogP contribution in [0.4, 0.5) is 0 Å². The van der Waals surface area contributed by atoms with Crippen LogP contribution in [0.3, 0.4) is 0 Å². The molecule has 0 atom stereocenters. The summed E-state index contributed by atoms with van der Waals surface area (Å²) in [6.07, 6.45) is 4.64. The highest BCUT2D eigenvalue weighted by Crippen LogP contribution is 2.37. The minimum Gasteiger partial charge on any atom is -0.490 e. The molecule has 1 aromatic rings. The maximum Gasteiger partial charge on any atom is 0.222 e. The molecule has 0 radical (unpaired) electrons. The van der Waals surface area contributed by atoms with Crippen LogP contribution < -0.4 is 9.47 Å². The van der Waals surface area contributed by atoms with E-state index in [1.165, 1.54) is 6.08 Å². The number of rotatable bonds is 12. The summed E-state index contributed by atoms with van der Waals surface area (Å²) in [4.78, 5) is 4.92. The molecule has 5 nitrogen and oxygen atoms in total. The first kappa shape index (κ1) is 23.8. The number of unbranched alkanes of at least 4 members (excludes halogenated alkanes) is 1. The third-order valence-electron chi connectivity index (χ3n) is 2.94. The lowest BCUT2D eigenvalue weighted by molar-refractivity contribution is 0.156. The first-order chi connectivity index (χ1) is 12.9. The highest BCUT2D eigenvalue weighted by Gasteiger charge is 2.10. The monoisotopic (exact) mass is 455 g/mol. The summed E-state index contributed by atoms with van der Waals surface area (Å²) in [5, 5.41) is 4.49. The third kappa shape index (κ3) is 10.6. The van der Waals surface area contributed by atoms with Crippen LogP contribution in [-0.2, 0) is 9.57 Å². The van der Waals surface area contributed by atoms with Crippen molar-refractivity contribution in [1.29, 1.82) is 0 Å². The lowest BCUT2D eigenvalue weighted by atomic mass is 10.3. The number of ether oxygens (including phenoxy) is 3. The molecule has 0 amide bonds. The van der Waals surface area contributed by atoms with Crippen molar-refractivity contribution in [1.82, 2.24) is 0 Å². The molecular weight excluding hydrogens is 436 g/mol. The van der Waals surface area contributed by atoms with Gasteiger partial charge in [0.05, 0.1) is 23.3 Å². The normalized spacial score (nSPS) is 10.9. The Bertz CT molecular complexity index is 638. The Hall–Kier alpha value is -1.27. The van der Waals surface area contributed by atoms with Crippen molar-refractivity contribution in [2.45, 2.75) is 19.8 Å². The fourth-order valence-corrected chi connectivity index (χ4v) is 2.47. The molecule has 0 heterocycles. The van der Waals surface area contributed by atoms with E-state index < -0.39 is 0 Å². The zero-order valence-electron chi connectivity index (χ0n) is 14.9. The van der Waals surface area contributed by atoms with E-state index in [0.29, 0.717) is 47.3 Å². The predicted octanol–water partition coefficient (Wildman–Crippen LogP) is 6.40.